The van der Waals surface area contributed by atoms with Crippen LogP contribution in [0.2, 0.25) is 5.02 Å². The van der Waals surface area contributed by atoms with Gasteiger partial charge in [-0.25, -0.2) is 8.78 Å². The summed E-state index contributed by atoms with van der Waals surface area (Å²) in [6.07, 6.45) is -6.15. The summed E-state index contributed by atoms with van der Waals surface area (Å²) < 4.78 is 45.6. The maximum atomic E-state index is 14.9. The quantitative estimate of drug-likeness (QED) is 0.359. The van der Waals surface area contributed by atoms with Gasteiger partial charge in [0.25, 0.3) is 0 Å². The Labute approximate surface area is 222 Å². The molecular weight excluding hydrogens is 522 g/mol. The largest absolute Gasteiger partial charge is 0.487 e. The van der Waals surface area contributed by atoms with Crippen LogP contribution in [0.5, 0.6) is 11.5 Å². The number of rotatable bonds is 7. The fourth-order valence-corrected chi connectivity index (χ4v) is 5.04. The fraction of sp³-hybridized carbons (Fsp3) is 0.357. The van der Waals surface area contributed by atoms with Crippen molar-refractivity contribution in [1.82, 2.24) is 0 Å². The van der Waals surface area contributed by atoms with Gasteiger partial charge in [-0.2, -0.15) is 0 Å². The van der Waals surface area contributed by atoms with Gasteiger partial charge in [0.05, 0.1) is 6.61 Å². The molecular formula is C28H27ClF2O7. The van der Waals surface area contributed by atoms with E-state index in [0.29, 0.717) is 28.1 Å². The minimum absolute atomic E-state index is 0.0370. The van der Waals surface area contributed by atoms with E-state index in [4.69, 9.17) is 25.8 Å². The Kier molecular flexibility index (Phi) is 7.85. The third kappa shape index (κ3) is 5.36. The molecule has 0 aliphatic carbocycles. The van der Waals surface area contributed by atoms with E-state index in [0.717, 1.165) is 5.56 Å². The van der Waals surface area contributed by atoms with Gasteiger partial charge in [0.15, 0.2) is 23.1 Å². The molecule has 0 spiro atoms. The molecule has 2 heterocycles. The summed E-state index contributed by atoms with van der Waals surface area (Å²) in [6.45, 7) is -0.482. The molecule has 5 rings (SSSR count). The lowest BCUT2D eigenvalue weighted by atomic mass is 9.90. The smallest absolute Gasteiger partial charge is 0.165 e. The van der Waals surface area contributed by atoms with Crippen LogP contribution < -0.4 is 9.47 Å². The first kappa shape index (κ1) is 26.8. The van der Waals surface area contributed by atoms with Gasteiger partial charge in [-0.3, -0.25) is 0 Å². The van der Waals surface area contributed by atoms with Crippen LogP contribution in [0, 0.1) is 11.6 Å². The summed E-state index contributed by atoms with van der Waals surface area (Å²) in [5, 5.41) is 40.5. The molecule has 2 aliphatic heterocycles. The Hall–Kier alpha value is -2.79. The zero-order chi connectivity index (χ0) is 27.0. The van der Waals surface area contributed by atoms with Gasteiger partial charge in [0.1, 0.15) is 43.2 Å². The molecule has 1 unspecified atom stereocenters. The van der Waals surface area contributed by atoms with E-state index in [1.807, 2.05) is 0 Å². The number of aliphatic hydroxyl groups is 4. The molecule has 1 saturated heterocycles. The van der Waals surface area contributed by atoms with Crippen molar-refractivity contribution in [1.29, 1.82) is 0 Å². The third-order valence-electron chi connectivity index (χ3n) is 6.89. The molecule has 0 amide bonds. The molecule has 0 aromatic heterocycles. The molecule has 1 fully saturated rings. The minimum Gasteiger partial charge on any atom is -0.487 e. The van der Waals surface area contributed by atoms with Gasteiger partial charge in [-0.15, -0.1) is 0 Å². The zero-order valence-electron chi connectivity index (χ0n) is 20.1. The van der Waals surface area contributed by atoms with E-state index in [1.165, 1.54) is 18.2 Å². The highest BCUT2D eigenvalue weighted by atomic mass is 35.5. The highest BCUT2D eigenvalue weighted by Crippen LogP contribution is 2.35. The van der Waals surface area contributed by atoms with Crippen molar-refractivity contribution in [2.75, 3.05) is 13.2 Å². The van der Waals surface area contributed by atoms with Crippen LogP contribution in [-0.2, 0) is 17.6 Å². The van der Waals surface area contributed by atoms with E-state index in [2.05, 4.69) is 0 Å². The van der Waals surface area contributed by atoms with Gasteiger partial charge in [-0.1, -0.05) is 41.9 Å². The van der Waals surface area contributed by atoms with Crippen LogP contribution >= 0.6 is 11.6 Å². The van der Waals surface area contributed by atoms with Crippen LogP contribution in [0.25, 0.3) is 0 Å². The number of ether oxygens (including phenoxy) is 3. The Balaban J connectivity index is 1.26. The molecule has 6 atom stereocenters. The lowest BCUT2D eigenvalue weighted by molar-refractivity contribution is -0.231. The Morgan fingerprint density at radius 3 is 2.50 bits per heavy atom. The normalized spacial score (nSPS) is 26.6. The third-order valence-corrected chi connectivity index (χ3v) is 7.26. The number of halogens is 3. The Bertz CT molecular complexity index is 1300. The van der Waals surface area contributed by atoms with Crippen LogP contribution in [0.15, 0.2) is 54.6 Å². The van der Waals surface area contributed by atoms with Crippen LogP contribution in [0.3, 0.4) is 0 Å². The maximum absolute atomic E-state index is 14.9. The second kappa shape index (κ2) is 11.1. The maximum Gasteiger partial charge on any atom is 0.165 e. The summed E-state index contributed by atoms with van der Waals surface area (Å²) in [5.74, 6) is -0.769. The number of hydrogen-bond donors (Lipinski definition) is 4. The Morgan fingerprint density at radius 1 is 0.947 bits per heavy atom. The molecule has 0 radical (unpaired) electrons. The molecule has 0 saturated carbocycles. The summed E-state index contributed by atoms with van der Waals surface area (Å²) in [4.78, 5) is 0. The SMILES string of the molecule is OC[C@H]1O[C@@H](c2ccc(Cl)c(Cc3ccc(OCC4Cc5cccc(F)c5O4)c(F)c3)c2)[C@H](O)[C@@H](O)[C@@H]1O. The van der Waals surface area contributed by atoms with E-state index >= 15 is 0 Å². The van der Waals surface area contributed by atoms with Crippen molar-refractivity contribution in [3.63, 3.8) is 0 Å². The monoisotopic (exact) mass is 548 g/mol. The van der Waals surface area contributed by atoms with E-state index < -0.39 is 54.9 Å². The lowest BCUT2D eigenvalue weighted by Crippen LogP contribution is -2.55. The predicted molar refractivity (Wildman–Crippen MR) is 133 cm³/mol. The van der Waals surface area contributed by atoms with Crippen LogP contribution in [-0.4, -0.2) is 64.2 Å². The summed E-state index contributed by atoms with van der Waals surface area (Å²) in [6, 6.07) is 14.1. The van der Waals surface area contributed by atoms with Crippen LogP contribution in [0.4, 0.5) is 8.78 Å². The number of hydrogen-bond acceptors (Lipinski definition) is 7. The van der Waals surface area contributed by atoms with E-state index in [1.54, 1.807) is 36.4 Å². The molecule has 10 heteroatoms. The summed E-state index contributed by atoms with van der Waals surface area (Å²) >= 11 is 6.38. The second-order valence-electron chi connectivity index (χ2n) is 9.52. The number of para-hydroxylation sites is 1. The zero-order valence-corrected chi connectivity index (χ0v) is 20.9. The summed E-state index contributed by atoms with van der Waals surface area (Å²) in [5.41, 5.74) is 2.45. The van der Waals surface area contributed by atoms with Gasteiger partial charge >= 0.3 is 0 Å². The van der Waals surface area contributed by atoms with Gasteiger partial charge in [0.2, 0.25) is 0 Å². The second-order valence-corrected chi connectivity index (χ2v) is 9.93. The molecule has 3 aromatic carbocycles. The minimum atomic E-state index is -1.51. The molecule has 202 valence electrons. The van der Waals surface area contributed by atoms with E-state index in [9.17, 15) is 29.2 Å². The average molecular weight is 549 g/mol. The molecule has 2 aliphatic rings. The predicted octanol–water partition coefficient (Wildman–Crippen LogP) is 3.11. The molecule has 38 heavy (non-hydrogen) atoms. The molecule has 3 aromatic rings. The van der Waals surface area contributed by atoms with Crippen molar-refractivity contribution in [3.8, 4) is 11.5 Å². The van der Waals surface area contributed by atoms with Gasteiger partial charge < -0.3 is 34.6 Å². The Morgan fingerprint density at radius 2 is 1.76 bits per heavy atom. The number of aliphatic hydroxyl groups excluding tert-OH is 4. The first-order valence-electron chi connectivity index (χ1n) is 12.2. The van der Waals surface area contributed by atoms with Crippen molar-refractivity contribution >= 4 is 11.6 Å². The van der Waals surface area contributed by atoms with Crippen molar-refractivity contribution in [2.45, 2.75) is 49.5 Å². The molecule has 4 N–H and O–H groups in total. The average Bonchev–Trinajstić information content (AvgIpc) is 3.33. The van der Waals surface area contributed by atoms with Crippen molar-refractivity contribution < 1.29 is 43.4 Å². The highest BCUT2D eigenvalue weighted by Gasteiger charge is 2.44. The standard InChI is InChI=1S/C28H27ClF2O7/c29-19-6-5-16(28-26(35)25(34)24(33)23(12-32)38-28)10-17(19)8-14-4-7-22(21(31)9-14)36-13-18-11-15-2-1-3-20(30)27(15)37-18/h1-7,9-10,18,23-26,28,32-35H,8,11-13H2/t18?,23-,24-,25+,26-,28+/m1/s1. The van der Waals surface area contributed by atoms with Gasteiger partial charge in [-0.05, 0) is 47.4 Å². The van der Waals surface area contributed by atoms with E-state index in [-0.39, 0.29) is 24.5 Å². The molecule has 0 bridgehead atoms. The first-order valence-corrected chi connectivity index (χ1v) is 12.6. The fourth-order valence-electron chi connectivity index (χ4n) is 4.85. The van der Waals surface area contributed by atoms with Crippen LogP contribution in [0.1, 0.15) is 28.4 Å². The van der Waals surface area contributed by atoms with Crippen molar-refractivity contribution in [3.05, 3.63) is 93.5 Å². The topological polar surface area (TPSA) is 109 Å². The number of fused-ring (bicyclic) bond motifs is 1. The van der Waals surface area contributed by atoms with Gasteiger partial charge in [0, 0.05) is 17.0 Å². The first-order chi connectivity index (χ1) is 18.2. The lowest BCUT2D eigenvalue weighted by Gasteiger charge is -2.40. The highest BCUT2D eigenvalue weighted by molar-refractivity contribution is 6.31. The number of benzene rings is 3. The van der Waals surface area contributed by atoms with Crippen molar-refractivity contribution in [2.24, 2.45) is 0 Å². The molecule has 7 nitrogen and oxygen atoms in total. The summed E-state index contributed by atoms with van der Waals surface area (Å²) in [7, 11) is 0.